The van der Waals surface area contributed by atoms with Gasteiger partial charge < -0.3 is 5.32 Å². The molecule has 18 heavy (non-hydrogen) atoms. The van der Waals surface area contributed by atoms with E-state index in [4.69, 9.17) is 0 Å². The van der Waals surface area contributed by atoms with Gasteiger partial charge in [-0.3, -0.25) is 4.98 Å². The molecule has 0 spiro atoms. The largest absolute Gasteiger partial charge is 0.309 e. The second kappa shape index (κ2) is 5.74. The first kappa shape index (κ1) is 12.7. The van der Waals surface area contributed by atoms with Crippen LogP contribution in [-0.4, -0.2) is 16.5 Å². The predicted octanol–water partition coefficient (Wildman–Crippen LogP) is 3.25. The van der Waals surface area contributed by atoms with E-state index in [-0.39, 0.29) is 6.04 Å². The number of hydrogen-bond acceptors (Lipinski definition) is 3. The lowest BCUT2D eigenvalue weighted by molar-refractivity contribution is 0.535. The molecule has 3 nitrogen and oxygen atoms in total. The molecule has 2 rings (SSSR count). The van der Waals surface area contributed by atoms with Crippen molar-refractivity contribution in [3.8, 4) is 0 Å². The number of nitrogens with zero attached hydrogens (tertiary/aromatic N) is 2. The van der Waals surface area contributed by atoms with Gasteiger partial charge in [0.1, 0.15) is 0 Å². The van der Waals surface area contributed by atoms with Crippen molar-refractivity contribution in [2.75, 3.05) is 6.54 Å². The van der Waals surface area contributed by atoms with E-state index >= 15 is 0 Å². The molecular weight excluding hydrogens is 222 g/mol. The first-order chi connectivity index (χ1) is 8.70. The van der Waals surface area contributed by atoms with Crippen molar-refractivity contribution in [1.82, 2.24) is 15.3 Å². The minimum Gasteiger partial charge on any atom is -0.309 e. The average molecular weight is 241 g/mol. The topological polar surface area (TPSA) is 37.8 Å². The summed E-state index contributed by atoms with van der Waals surface area (Å²) in [6, 6.07) is 8.14. The summed E-state index contributed by atoms with van der Waals surface area (Å²) in [5, 5.41) is 3.43. The van der Waals surface area contributed by atoms with Crippen LogP contribution in [0.1, 0.15) is 32.0 Å². The van der Waals surface area contributed by atoms with Crippen molar-refractivity contribution in [3.05, 3.63) is 48.3 Å². The highest BCUT2D eigenvalue weighted by Crippen LogP contribution is 2.19. The molecule has 0 aliphatic rings. The number of rotatable bonds is 5. The third kappa shape index (κ3) is 2.93. The Kier molecular flexibility index (Phi) is 4.05. The van der Waals surface area contributed by atoms with Gasteiger partial charge in [0.05, 0.1) is 29.0 Å². The molecule has 1 aromatic carbocycles. The van der Waals surface area contributed by atoms with Crippen molar-refractivity contribution in [2.45, 2.75) is 26.3 Å². The van der Waals surface area contributed by atoms with E-state index in [2.05, 4.69) is 28.8 Å². The molecule has 0 saturated heterocycles. The lowest BCUT2D eigenvalue weighted by Crippen LogP contribution is -2.22. The molecule has 1 heterocycles. The summed E-state index contributed by atoms with van der Waals surface area (Å²) in [6.07, 6.45) is 2.75. The smallest absolute Gasteiger partial charge is 0.0890 e. The Balaban J connectivity index is 2.34. The number of benzene rings is 1. The molecule has 2 aromatic rings. The monoisotopic (exact) mass is 241 g/mol. The summed E-state index contributed by atoms with van der Waals surface area (Å²) in [7, 11) is 0. The van der Waals surface area contributed by atoms with Crippen LogP contribution in [0.25, 0.3) is 11.0 Å². The van der Waals surface area contributed by atoms with Gasteiger partial charge in [-0.1, -0.05) is 24.6 Å². The molecule has 0 aliphatic heterocycles. The molecule has 94 valence electrons. The van der Waals surface area contributed by atoms with Crippen LogP contribution in [0.5, 0.6) is 0 Å². The summed E-state index contributed by atoms with van der Waals surface area (Å²) < 4.78 is 0. The molecule has 0 amide bonds. The van der Waals surface area contributed by atoms with E-state index in [0.29, 0.717) is 0 Å². The van der Waals surface area contributed by atoms with Crippen LogP contribution >= 0.6 is 0 Å². The summed E-state index contributed by atoms with van der Waals surface area (Å²) in [5.41, 5.74) is 4.01. The molecule has 0 fully saturated rings. The number of para-hydroxylation sites is 2. The first-order valence-corrected chi connectivity index (χ1v) is 6.30. The van der Waals surface area contributed by atoms with Gasteiger partial charge in [0, 0.05) is 0 Å². The highest BCUT2D eigenvalue weighted by Gasteiger charge is 2.12. The van der Waals surface area contributed by atoms with Crippen molar-refractivity contribution < 1.29 is 0 Å². The Morgan fingerprint density at radius 1 is 1.33 bits per heavy atom. The molecule has 0 saturated carbocycles. The number of aromatic nitrogens is 2. The first-order valence-electron chi connectivity index (χ1n) is 6.30. The Bertz CT molecular complexity index is 548. The fourth-order valence-electron chi connectivity index (χ4n) is 2.02. The van der Waals surface area contributed by atoms with E-state index in [1.54, 1.807) is 0 Å². The number of fused-ring (bicyclic) bond motifs is 1. The fourth-order valence-corrected chi connectivity index (χ4v) is 2.02. The standard InChI is InChI=1S/C15H19N3/c1-4-16-14(9-11(2)3)15-10-17-12-7-5-6-8-13(12)18-15/h5-8,10,14,16H,2,4,9H2,1,3H3. The number of hydrogen-bond donors (Lipinski definition) is 1. The summed E-state index contributed by atoms with van der Waals surface area (Å²) >= 11 is 0. The maximum atomic E-state index is 4.68. The van der Waals surface area contributed by atoms with Crippen LogP contribution in [0.4, 0.5) is 0 Å². The maximum absolute atomic E-state index is 4.68. The molecular formula is C15H19N3. The normalized spacial score (nSPS) is 12.6. The van der Waals surface area contributed by atoms with Crippen molar-refractivity contribution in [3.63, 3.8) is 0 Å². The lowest BCUT2D eigenvalue weighted by Gasteiger charge is -2.17. The lowest BCUT2D eigenvalue weighted by atomic mass is 10.1. The summed E-state index contributed by atoms with van der Waals surface area (Å²) in [6.45, 7) is 9.02. The minimum atomic E-state index is 0.199. The Labute approximate surface area is 108 Å². The van der Waals surface area contributed by atoms with Crippen molar-refractivity contribution in [2.24, 2.45) is 0 Å². The van der Waals surface area contributed by atoms with E-state index in [1.165, 1.54) is 0 Å². The average Bonchev–Trinajstić information content (AvgIpc) is 2.37. The van der Waals surface area contributed by atoms with E-state index in [0.717, 1.165) is 35.3 Å². The molecule has 1 atom stereocenters. The summed E-state index contributed by atoms with van der Waals surface area (Å²) in [5.74, 6) is 0. The zero-order chi connectivity index (χ0) is 13.0. The zero-order valence-corrected chi connectivity index (χ0v) is 11.0. The van der Waals surface area contributed by atoms with Crippen LogP contribution in [0, 0.1) is 0 Å². The molecule has 1 N–H and O–H groups in total. The fraction of sp³-hybridized carbons (Fsp3) is 0.333. The van der Waals surface area contributed by atoms with Crippen molar-refractivity contribution >= 4 is 11.0 Å². The van der Waals surface area contributed by atoms with E-state index in [1.807, 2.05) is 37.4 Å². The van der Waals surface area contributed by atoms with Gasteiger partial charge in [-0.25, -0.2) is 4.98 Å². The van der Waals surface area contributed by atoms with Gasteiger partial charge in [-0.2, -0.15) is 0 Å². The SMILES string of the molecule is C=C(C)CC(NCC)c1cnc2ccccc2n1. The molecule has 0 aliphatic carbocycles. The molecule has 1 unspecified atom stereocenters. The van der Waals surface area contributed by atoms with E-state index in [9.17, 15) is 0 Å². The van der Waals surface area contributed by atoms with Crippen LogP contribution in [0.3, 0.4) is 0 Å². The van der Waals surface area contributed by atoms with Crippen LogP contribution in [0.15, 0.2) is 42.6 Å². The van der Waals surface area contributed by atoms with Gasteiger partial charge in [-0.05, 0) is 32.0 Å². The van der Waals surface area contributed by atoms with E-state index < -0.39 is 0 Å². The third-order valence-corrected chi connectivity index (χ3v) is 2.83. The zero-order valence-electron chi connectivity index (χ0n) is 11.0. The summed E-state index contributed by atoms with van der Waals surface area (Å²) in [4.78, 5) is 9.14. The second-order valence-electron chi connectivity index (χ2n) is 4.56. The minimum absolute atomic E-state index is 0.199. The quantitative estimate of drug-likeness (QED) is 0.817. The van der Waals surface area contributed by atoms with Gasteiger partial charge in [-0.15, -0.1) is 6.58 Å². The van der Waals surface area contributed by atoms with Crippen molar-refractivity contribution in [1.29, 1.82) is 0 Å². The van der Waals surface area contributed by atoms with Crippen LogP contribution in [-0.2, 0) is 0 Å². The van der Waals surface area contributed by atoms with Crippen LogP contribution in [0.2, 0.25) is 0 Å². The second-order valence-corrected chi connectivity index (χ2v) is 4.56. The van der Waals surface area contributed by atoms with Gasteiger partial charge in [0.15, 0.2) is 0 Å². The molecule has 0 bridgehead atoms. The highest BCUT2D eigenvalue weighted by molar-refractivity contribution is 5.73. The Morgan fingerprint density at radius 2 is 2.06 bits per heavy atom. The Hall–Kier alpha value is -1.74. The highest BCUT2D eigenvalue weighted by atomic mass is 14.9. The molecule has 1 aromatic heterocycles. The van der Waals surface area contributed by atoms with Gasteiger partial charge in [0.2, 0.25) is 0 Å². The predicted molar refractivity (Wildman–Crippen MR) is 75.4 cm³/mol. The third-order valence-electron chi connectivity index (χ3n) is 2.83. The molecule has 0 radical (unpaired) electrons. The number of nitrogens with one attached hydrogen (secondary N) is 1. The van der Waals surface area contributed by atoms with Gasteiger partial charge >= 0.3 is 0 Å². The van der Waals surface area contributed by atoms with Gasteiger partial charge in [0.25, 0.3) is 0 Å². The molecule has 3 heteroatoms. The Morgan fingerprint density at radius 3 is 2.72 bits per heavy atom. The maximum Gasteiger partial charge on any atom is 0.0890 e. The van der Waals surface area contributed by atoms with Crippen LogP contribution < -0.4 is 5.32 Å².